The number of carbonyl (C=O) groups excluding carboxylic acids is 2. The molecule has 1 aromatic heterocycles. The largest absolute Gasteiger partial charge is 0.344 e. The molecular formula is C13H20N4O2S. The molecule has 1 heterocycles. The van der Waals surface area contributed by atoms with Gasteiger partial charge in [0.2, 0.25) is 16.9 Å². The van der Waals surface area contributed by atoms with Gasteiger partial charge in [-0.25, -0.2) is 0 Å². The Morgan fingerprint density at radius 1 is 1.35 bits per heavy atom. The van der Waals surface area contributed by atoms with Crippen molar-refractivity contribution in [2.24, 2.45) is 5.92 Å². The molecule has 110 valence electrons. The smallest absolute Gasteiger partial charge is 0.249 e. The van der Waals surface area contributed by atoms with Gasteiger partial charge in [0.1, 0.15) is 11.0 Å². The van der Waals surface area contributed by atoms with Gasteiger partial charge in [-0.2, -0.15) is 0 Å². The van der Waals surface area contributed by atoms with Gasteiger partial charge in [-0.3, -0.25) is 14.9 Å². The number of amides is 2. The lowest BCUT2D eigenvalue weighted by atomic mass is 9.97. The van der Waals surface area contributed by atoms with Crippen LogP contribution in [-0.4, -0.2) is 28.1 Å². The van der Waals surface area contributed by atoms with E-state index in [1.807, 2.05) is 6.92 Å². The normalized spacial score (nSPS) is 16.9. The van der Waals surface area contributed by atoms with Crippen LogP contribution in [0.1, 0.15) is 44.5 Å². The molecule has 6 nitrogen and oxygen atoms in total. The number of rotatable bonds is 5. The van der Waals surface area contributed by atoms with E-state index < -0.39 is 6.04 Å². The molecule has 1 saturated carbocycles. The van der Waals surface area contributed by atoms with Crippen molar-refractivity contribution in [1.29, 1.82) is 0 Å². The number of aromatic nitrogens is 2. The maximum atomic E-state index is 12.3. The van der Waals surface area contributed by atoms with Crippen LogP contribution in [0.2, 0.25) is 0 Å². The minimum Gasteiger partial charge on any atom is -0.344 e. The molecule has 0 bridgehead atoms. The molecule has 1 atom stereocenters. The van der Waals surface area contributed by atoms with E-state index in [-0.39, 0.29) is 17.7 Å². The third-order valence-corrected chi connectivity index (χ3v) is 4.49. The van der Waals surface area contributed by atoms with Crippen molar-refractivity contribution >= 4 is 28.3 Å². The van der Waals surface area contributed by atoms with E-state index in [1.54, 1.807) is 0 Å². The Morgan fingerprint density at radius 2 is 2.05 bits per heavy atom. The fraction of sp³-hybridized carbons (Fsp3) is 0.692. The van der Waals surface area contributed by atoms with Gasteiger partial charge < -0.3 is 5.32 Å². The van der Waals surface area contributed by atoms with Gasteiger partial charge in [0.05, 0.1) is 0 Å². The summed E-state index contributed by atoms with van der Waals surface area (Å²) in [5.74, 6) is -0.146. The van der Waals surface area contributed by atoms with Crippen LogP contribution in [0.5, 0.6) is 0 Å². The van der Waals surface area contributed by atoms with Crippen molar-refractivity contribution in [3.05, 3.63) is 5.01 Å². The van der Waals surface area contributed by atoms with E-state index in [9.17, 15) is 9.59 Å². The third kappa shape index (κ3) is 3.75. The van der Waals surface area contributed by atoms with E-state index in [2.05, 4.69) is 20.8 Å². The second-order valence-electron chi connectivity index (χ2n) is 5.07. The highest BCUT2D eigenvalue weighted by atomic mass is 32.1. The number of nitrogens with one attached hydrogen (secondary N) is 2. The van der Waals surface area contributed by atoms with Crippen LogP contribution < -0.4 is 10.6 Å². The predicted octanol–water partition coefficient (Wildman–Crippen LogP) is 1.73. The van der Waals surface area contributed by atoms with Gasteiger partial charge in [-0.15, -0.1) is 10.2 Å². The van der Waals surface area contributed by atoms with Gasteiger partial charge in [0, 0.05) is 6.92 Å². The summed E-state index contributed by atoms with van der Waals surface area (Å²) in [7, 11) is 0. The number of anilines is 1. The Morgan fingerprint density at radius 3 is 2.60 bits per heavy atom. The van der Waals surface area contributed by atoms with Gasteiger partial charge in [0.15, 0.2) is 0 Å². The monoisotopic (exact) mass is 296 g/mol. The number of aryl methyl sites for hydroxylation is 1. The average Bonchev–Trinajstić information content (AvgIpc) is 3.06. The first-order valence-corrected chi connectivity index (χ1v) is 7.82. The first-order chi connectivity index (χ1) is 9.60. The van der Waals surface area contributed by atoms with Gasteiger partial charge in [-0.1, -0.05) is 31.1 Å². The Balaban J connectivity index is 2.03. The molecule has 2 amide bonds. The third-order valence-electron chi connectivity index (χ3n) is 3.51. The minimum atomic E-state index is -0.469. The number of hydrogen-bond acceptors (Lipinski definition) is 5. The van der Waals surface area contributed by atoms with Crippen molar-refractivity contribution in [3.63, 3.8) is 0 Å². The molecular weight excluding hydrogens is 276 g/mol. The van der Waals surface area contributed by atoms with Crippen molar-refractivity contribution in [1.82, 2.24) is 15.5 Å². The first-order valence-electron chi connectivity index (χ1n) is 7.00. The zero-order valence-corrected chi connectivity index (χ0v) is 12.6. The van der Waals surface area contributed by atoms with E-state index in [1.165, 1.54) is 18.3 Å². The van der Waals surface area contributed by atoms with Crippen LogP contribution in [0.25, 0.3) is 0 Å². The highest BCUT2D eigenvalue weighted by Crippen LogP contribution is 2.28. The Kier molecular flexibility index (Phi) is 5.05. The van der Waals surface area contributed by atoms with Crippen LogP contribution in [0.15, 0.2) is 0 Å². The molecule has 0 spiro atoms. The SMILES string of the molecule is CCc1nnc(NC(=O)[C@H](NC(C)=O)C2CCCC2)s1. The molecule has 1 aromatic rings. The second kappa shape index (κ2) is 6.78. The van der Waals surface area contributed by atoms with E-state index in [0.717, 1.165) is 37.1 Å². The van der Waals surface area contributed by atoms with Crippen molar-refractivity contribution in [2.45, 2.75) is 52.0 Å². The van der Waals surface area contributed by atoms with Crippen LogP contribution in [-0.2, 0) is 16.0 Å². The predicted molar refractivity (Wildman–Crippen MR) is 77.5 cm³/mol. The Hall–Kier alpha value is -1.50. The maximum absolute atomic E-state index is 12.3. The Labute approximate surface area is 122 Å². The highest BCUT2D eigenvalue weighted by Gasteiger charge is 2.31. The Bertz CT molecular complexity index is 482. The lowest BCUT2D eigenvalue weighted by molar-refractivity contribution is -0.126. The molecule has 1 aliphatic rings. The zero-order valence-electron chi connectivity index (χ0n) is 11.8. The van der Waals surface area contributed by atoms with Crippen LogP contribution in [0.4, 0.5) is 5.13 Å². The summed E-state index contributed by atoms with van der Waals surface area (Å²) in [6, 6.07) is -0.469. The summed E-state index contributed by atoms with van der Waals surface area (Å²) in [6.07, 6.45) is 4.99. The average molecular weight is 296 g/mol. The fourth-order valence-electron chi connectivity index (χ4n) is 2.54. The summed E-state index contributed by atoms with van der Waals surface area (Å²) in [5, 5.41) is 14.8. The summed E-state index contributed by atoms with van der Waals surface area (Å²) in [6.45, 7) is 3.43. The van der Waals surface area contributed by atoms with Crippen LogP contribution in [0, 0.1) is 5.92 Å². The molecule has 1 aliphatic carbocycles. The molecule has 0 saturated heterocycles. The number of nitrogens with zero attached hydrogens (tertiary/aromatic N) is 2. The number of carbonyl (C=O) groups is 2. The molecule has 1 fully saturated rings. The molecule has 7 heteroatoms. The topological polar surface area (TPSA) is 84.0 Å². The van der Waals surface area contributed by atoms with Crippen LogP contribution in [0.3, 0.4) is 0 Å². The summed E-state index contributed by atoms with van der Waals surface area (Å²) in [4.78, 5) is 23.6. The molecule has 0 radical (unpaired) electrons. The number of hydrogen-bond donors (Lipinski definition) is 2. The standard InChI is InChI=1S/C13H20N4O2S/c1-3-10-16-17-13(20-10)15-12(19)11(14-8(2)18)9-6-4-5-7-9/h9,11H,3-7H2,1-2H3,(H,14,18)(H,15,17,19)/t11-/m1/s1. The molecule has 2 N–H and O–H groups in total. The van der Waals surface area contributed by atoms with Crippen molar-refractivity contribution < 1.29 is 9.59 Å². The molecule has 2 rings (SSSR count). The summed E-state index contributed by atoms with van der Waals surface area (Å²) < 4.78 is 0. The van der Waals surface area contributed by atoms with Crippen LogP contribution >= 0.6 is 11.3 Å². The van der Waals surface area contributed by atoms with E-state index >= 15 is 0 Å². The highest BCUT2D eigenvalue weighted by molar-refractivity contribution is 7.15. The molecule has 0 unspecified atom stereocenters. The lowest BCUT2D eigenvalue weighted by Gasteiger charge is -2.22. The molecule has 0 aromatic carbocycles. The minimum absolute atomic E-state index is 0.177. The van der Waals surface area contributed by atoms with Gasteiger partial charge >= 0.3 is 0 Å². The summed E-state index contributed by atoms with van der Waals surface area (Å²) >= 11 is 1.37. The van der Waals surface area contributed by atoms with Crippen molar-refractivity contribution in [2.75, 3.05) is 5.32 Å². The fourth-order valence-corrected chi connectivity index (χ4v) is 3.22. The summed E-state index contributed by atoms with van der Waals surface area (Å²) in [5.41, 5.74) is 0. The van der Waals surface area contributed by atoms with Crippen molar-refractivity contribution in [3.8, 4) is 0 Å². The molecule has 0 aliphatic heterocycles. The quantitative estimate of drug-likeness (QED) is 0.866. The maximum Gasteiger partial charge on any atom is 0.249 e. The van der Waals surface area contributed by atoms with E-state index in [0.29, 0.717) is 5.13 Å². The first kappa shape index (κ1) is 14.9. The van der Waals surface area contributed by atoms with Gasteiger partial charge in [-0.05, 0) is 25.2 Å². The lowest BCUT2D eigenvalue weighted by Crippen LogP contribution is -2.47. The zero-order chi connectivity index (χ0) is 14.5. The second-order valence-corrected chi connectivity index (χ2v) is 6.13. The van der Waals surface area contributed by atoms with E-state index in [4.69, 9.17) is 0 Å². The molecule has 20 heavy (non-hydrogen) atoms. The van der Waals surface area contributed by atoms with Gasteiger partial charge in [0.25, 0.3) is 0 Å².